The molecular formula is C31H35N3O. The van der Waals surface area contributed by atoms with Crippen LogP contribution in [0.25, 0.3) is 0 Å². The molecule has 2 saturated heterocycles. The van der Waals surface area contributed by atoms with Crippen LogP contribution < -0.4 is 5.32 Å². The standard InChI is InChI=1S/C31H35N3O/c1-31-20-27-26(19-23-12-6-3-7-13-23)33-28(31)14-8-9-15-29(31)34(27)30(35)24-16-17-25(32-21-24)18-22-10-4-2-5-11-22/h2-7,10-13,16-17,21,26-29,33H,8-9,14-15,18-20H2,1H3/t26-,27+,28-,29+,31-/m1/s1. The van der Waals surface area contributed by atoms with Crippen molar-refractivity contribution < 1.29 is 4.79 Å². The van der Waals surface area contributed by atoms with Crippen molar-refractivity contribution in [2.24, 2.45) is 5.41 Å². The van der Waals surface area contributed by atoms with Gasteiger partial charge in [0.2, 0.25) is 0 Å². The van der Waals surface area contributed by atoms with Crippen LogP contribution in [0.5, 0.6) is 0 Å². The minimum Gasteiger partial charge on any atom is -0.330 e. The van der Waals surface area contributed by atoms with Gasteiger partial charge in [-0.25, -0.2) is 0 Å². The Morgan fingerprint density at radius 3 is 2.40 bits per heavy atom. The molecule has 0 unspecified atom stereocenters. The van der Waals surface area contributed by atoms with E-state index >= 15 is 0 Å². The number of carbonyl (C=O) groups is 1. The normalized spacial score (nSPS) is 29.6. The topological polar surface area (TPSA) is 45.2 Å². The molecule has 2 aliphatic heterocycles. The smallest absolute Gasteiger partial charge is 0.255 e. The van der Waals surface area contributed by atoms with Gasteiger partial charge in [0.15, 0.2) is 0 Å². The fraction of sp³-hybridized carbons (Fsp3) is 0.419. The molecular weight excluding hydrogens is 430 g/mol. The summed E-state index contributed by atoms with van der Waals surface area (Å²) in [5, 5.41) is 4.04. The first-order chi connectivity index (χ1) is 17.1. The number of benzene rings is 2. The lowest BCUT2D eigenvalue weighted by molar-refractivity contribution is 0.0611. The number of piperidine rings is 1. The minimum absolute atomic E-state index is 0.144. The highest BCUT2D eigenvalue weighted by molar-refractivity contribution is 5.94. The van der Waals surface area contributed by atoms with Crippen molar-refractivity contribution in [3.63, 3.8) is 0 Å². The van der Waals surface area contributed by atoms with Crippen molar-refractivity contribution in [2.45, 2.75) is 76.0 Å². The summed E-state index contributed by atoms with van der Waals surface area (Å²) in [6.45, 7) is 2.43. The Bertz CT molecular complexity index is 1160. The first kappa shape index (κ1) is 22.5. The number of likely N-dealkylation sites (tertiary alicyclic amines) is 1. The van der Waals surface area contributed by atoms with Crippen molar-refractivity contribution in [1.82, 2.24) is 15.2 Å². The van der Waals surface area contributed by atoms with Gasteiger partial charge in [-0.05, 0) is 48.9 Å². The second kappa shape index (κ2) is 9.23. The SMILES string of the molecule is C[C@@]12C[C@H]3[C@@H](Cc4ccccc4)N[C@@H]1CCCC[C@@H]2N3C(=O)c1ccc(Cc2ccccc2)nc1. The Labute approximate surface area is 208 Å². The molecule has 4 nitrogen and oxygen atoms in total. The lowest BCUT2D eigenvalue weighted by atomic mass is 9.70. The largest absolute Gasteiger partial charge is 0.330 e. The van der Waals surface area contributed by atoms with Gasteiger partial charge in [-0.3, -0.25) is 9.78 Å². The molecule has 0 spiro atoms. The molecule has 2 aromatic carbocycles. The lowest BCUT2D eigenvalue weighted by Gasteiger charge is -2.43. The number of nitrogens with zero attached hydrogens (tertiary/aromatic N) is 2. The molecule has 3 heterocycles. The summed E-state index contributed by atoms with van der Waals surface area (Å²) in [7, 11) is 0. The van der Waals surface area contributed by atoms with E-state index in [1.165, 1.54) is 30.4 Å². The van der Waals surface area contributed by atoms with E-state index in [-0.39, 0.29) is 23.4 Å². The van der Waals surface area contributed by atoms with Crippen molar-refractivity contribution in [1.29, 1.82) is 0 Å². The fourth-order valence-corrected chi connectivity index (χ4v) is 7.04. The van der Waals surface area contributed by atoms with E-state index in [1.807, 2.05) is 18.2 Å². The summed E-state index contributed by atoms with van der Waals surface area (Å²) in [6.07, 6.45) is 9.40. The van der Waals surface area contributed by atoms with Crippen LogP contribution in [0.2, 0.25) is 0 Å². The van der Waals surface area contributed by atoms with E-state index < -0.39 is 0 Å². The zero-order valence-electron chi connectivity index (χ0n) is 20.6. The zero-order valence-corrected chi connectivity index (χ0v) is 20.6. The van der Waals surface area contributed by atoms with Gasteiger partial charge in [-0.15, -0.1) is 0 Å². The Morgan fingerprint density at radius 1 is 0.971 bits per heavy atom. The number of hydrogen-bond acceptors (Lipinski definition) is 3. The summed E-state index contributed by atoms with van der Waals surface area (Å²) in [5.41, 5.74) is 4.44. The first-order valence-electron chi connectivity index (χ1n) is 13.2. The second-order valence-electron chi connectivity index (χ2n) is 11.0. The van der Waals surface area contributed by atoms with Gasteiger partial charge < -0.3 is 10.2 Å². The molecule has 1 aromatic heterocycles. The summed E-state index contributed by atoms with van der Waals surface area (Å²) < 4.78 is 0. The van der Waals surface area contributed by atoms with Crippen molar-refractivity contribution >= 4 is 5.91 Å². The quantitative estimate of drug-likeness (QED) is 0.547. The second-order valence-corrected chi connectivity index (χ2v) is 11.0. The summed E-state index contributed by atoms with van der Waals surface area (Å²) in [4.78, 5) is 21.0. The monoisotopic (exact) mass is 465 g/mol. The molecule has 180 valence electrons. The summed E-state index contributed by atoms with van der Waals surface area (Å²) in [6, 6.07) is 26.4. The highest BCUT2D eigenvalue weighted by Crippen LogP contribution is 2.52. The molecule has 1 amide bonds. The highest BCUT2D eigenvalue weighted by atomic mass is 16.2. The van der Waals surface area contributed by atoms with E-state index in [2.05, 4.69) is 71.7 Å². The molecule has 4 heteroatoms. The first-order valence-corrected chi connectivity index (χ1v) is 13.2. The number of nitrogens with one attached hydrogen (secondary N) is 1. The molecule has 6 rings (SSSR count). The number of aromatic nitrogens is 1. The van der Waals surface area contributed by atoms with Gasteiger partial charge in [0, 0.05) is 47.9 Å². The zero-order chi connectivity index (χ0) is 23.8. The fourth-order valence-electron chi connectivity index (χ4n) is 7.04. The predicted molar refractivity (Wildman–Crippen MR) is 139 cm³/mol. The maximum atomic E-state index is 14.1. The van der Waals surface area contributed by atoms with Crippen LogP contribution in [0, 0.1) is 5.41 Å². The third kappa shape index (κ3) is 4.18. The molecule has 5 atom stereocenters. The van der Waals surface area contributed by atoms with Crippen LogP contribution in [0.4, 0.5) is 0 Å². The van der Waals surface area contributed by atoms with Gasteiger partial charge in [0.05, 0.1) is 5.56 Å². The van der Waals surface area contributed by atoms with Gasteiger partial charge in [-0.2, -0.15) is 0 Å². The van der Waals surface area contributed by atoms with Crippen molar-refractivity contribution in [2.75, 3.05) is 0 Å². The third-order valence-electron chi connectivity index (χ3n) is 8.83. The number of rotatable bonds is 5. The van der Waals surface area contributed by atoms with Crippen LogP contribution in [-0.4, -0.2) is 40.0 Å². The Balaban J connectivity index is 1.28. The Hall–Kier alpha value is -2.98. The predicted octanol–water partition coefficient (Wildman–Crippen LogP) is 5.42. The lowest BCUT2D eigenvalue weighted by Crippen LogP contribution is -2.57. The number of carbonyl (C=O) groups excluding carboxylic acids is 1. The highest BCUT2D eigenvalue weighted by Gasteiger charge is 2.60. The Kier molecular flexibility index (Phi) is 5.93. The summed E-state index contributed by atoms with van der Waals surface area (Å²) >= 11 is 0. The number of fused-ring (bicyclic) bond motifs is 1. The maximum Gasteiger partial charge on any atom is 0.255 e. The molecule has 0 radical (unpaired) electrons. The maximum absolute atomic E-state index is 14.1. The molecule has 1 saturated carbocycles. The van der Waals surface area contributed by atoms with E-state index in [9.17, 15) is 4.79 Å². The van der Waals surface area contributed by atoms with Crippen LogP contribution in [0.3, 0.4) is 0 Å². The molecule has 3 aromatic rings. The van der Waals surface area contributed by atoms with Gasteiger partial charge in [0.25, 0.3) is 5.91 Å². The average Bonchev–Trinajstić information content (AvgIpc) is 3.04. The van der Waals surface area contributed by atoms with Crippen LogP contribution in [0.1, 0.15) is 66.2 Å². The molecule has 3 aliphatic rings. The van der Waals surface area contributed by atoms with Crippen LogP contribution in [-0.2, 0) is 12.8 Å². The molecule has 2 bridgehead atoms. The molecule has 35 heavy (non-hydrogen) atoms. The average molecular weight is 466 g/mol. The van der Waals surface area contributed by atoms with E-state index in [0.717, 1.165) is 36.9 Å². The molecule has 1 aliphatic carbocycles. The van der Waals surface area contributed by atoms with Gasteiger partial charge in [0.1, 0.15) is 0 Å². The number of pyridine rings is 1. The minimum atomic E-state index is 0.144. The van der Waals surface area contributed by atoms with Gasteiger partial charge in [-0.1, -0.05) is 80.4 Å². The molecule has 1 N–H and O–H groups in total. The Morgan fingerprint density at radius 2 is 1.69 bits per heavy atom. The third-order valence-corrected chi connectivity index (χ3v) is 8.83. The summed E-state index contributed by atoms with van der Waals surface area (Å²) in [5.74, 6) is 0.157. The van der Waals surface area contributed by atoms with E-state index in [1.54, 1.807) is 6.20 Å². The number of hydrogen-bond donors (Lipinski definition) is 1. The van der Waals surface area contributed by atoms with E-state index in [0.29, 0.717) is 12.1 Å². The van der Waals surface area contributed by atoms with Crippen LogP contribution in [0.15, 0.2) is 79.0 Å². The van der Waals surface area contributed by atoms with Crippen LogP contribution >= 0.6 is 0 Å². The number of amides is 1. The van der Waals surface area contributed by atoms with Gasteiger partial charge >= 0.3 is 0 Å². The molecule has 3 fully saturated rings. The van der Waals surface area contributed by atoms with E-state index in [4.69, 9.17) is 4.98 Å². The van der Waals surface area contributed by atoms with Crippen molar-refractivity contribution in [3.8, 4) is 0 Å². The van der Waals surface area contributed by atoms with Crippen molar-refractivity contribution in [3.05, 3.63) is 101 Å².